The smallest absolute Gasteiger partial charge is 0.258 e. The standard InChI is InChI=1S/C24H30N4O3/c1-5-17(2)28(15-22-25-21-12-7-6-11-20(21)24(30)26-22)16-23(29)27(3)14-18-9-8-10-19(13-18)31-4/h6-13,17H,5,14-16H2,1-4H3,(H,25,26,30). The van der Waals surface area contributed by atoms with Crippen LogP contribution in [0.1, 0.15) is 31.7 Å². The number of amides is 1. The van der Waals surface area contributed by atoms with Gasteiger partial charge >= 0.3 is 0 Å². The minimum absolute atomic E-state index is 0.00579. The number of fused-ring (bicyclic) bond motifs is 1. The monoisotopic (exact) mass is 422 g/mol. The van der Waals surface area contributed by atoms with Gasteiger partial charge < -0.3 is 14.6 Å². The number of rotatable bonds is 9. The fraction of sp³-hybridized carbons (Fsp3) is 0.375. The number of nitrogens with one attached hydrogen (secondary N) is 1. The summed E-state index contributed by atoms with van der Waals surface area (Å²) in [5.41, 5.74) is 1.50. The molecule has 3 rings (SSSR count). The van der Waals surface area contributed by atoms with Crippen molar-refractivity contribution < 1.29 is 9.53 Å². The zero-order valence-corrected chi connectivity index (χ0v) is 18.6. The highest BCUT2D eigenvalue weighted by Gasteiger charge is 2.20. The van der Waals surface area contributed by atoms with Gasteiger partial charge in [0, 0.05) is 19.6 Å². The normalized spacial score (nSPS) is 12.2. The van der Waals surface area contributed by atoms with Crippen molar-refractivity contribution in [3.63, 3.8) is 0 Å². The third-order valence-electron chi connectivity index (χ3n) is 5.55. The average molecular weight is 423 g/mol. The summed E-state index contributed by atoms with van der Waals surface area (Å²) in [7, 11) is 3.43. The molecule has 0 spiro atoms. The summed E-state index contributed by atoms with van der Waals surface area (Å²) < 4.78 is 5.27. The number of benzene rings is 2. The van der Waals surface area contributed by atoms with Crippen LogP contribution in [-0.4, -0.2) is 52.4 Å². The van der Waals surface area contributed by atoms with Crippen molar-refractivity contribution in [1.82, 2.24) is 19.8 Å². The quantitative estimate of drug-likeness (QED) is 0.573. The predicted molar refractivity (Wildman–Crippen MR) is 122 cm³/mol. The topological polar surface area (TPSA) is 78.5 Å². The van der Waals surface area contributed by atoms with E-state index in [4.69, 9.17) is 4.74 Å². The number of aromatic nitrogens is 2. The second-order valence-corrected chi connectivity index (χ2v) is 7.79. The molecule has 0 aliphatic heterocycles. The van der Waals surface area contributed by atoms with Crippen LogP contribution in [0.4, 0.5) is 0 Å². The van der Waals surface area contributed by atoms with Crippen LogP contribution in [0, 0.1) is 0 Å². The summed E-state index contributed by atoms with van der Waals surface area (Å²) in [4.78, 5) is 36.6. The molecule has 31 heavy (non-hydrogen) atoms. The largest absolute Gasteiger partial charge is 0.497 e. The van der Waals surface area contributed by atoms with Crippen molar-refractivity contribution in [2.75, 3.05) is 20.7 Å². The zero-order valence-electron chi connectivity index (χ0n) is 18.6. The molecule has 3 aromatic rings. The molecular formula is C24H30N4O3. The van der Waals surface area contributed by atoms with Crippen molar-refractivity contribution in [2.45, 2.75) is 39.4 Å². The van der Waals surface area contributed by atoms with E-state index < -0.39 is 0 Å². The van der Waals surface area contributed by atoms with Crippen LogP contribution >= 0.6 is 0 Å². The van der Waals surface area contributed by atoms with Gasteiger partial charge in [-0.2, -0.15) is 0 Å². The summed E-state index contributed by atoms with van der Waals surface area (Å²) in [6, 6.07) is 15.1. The molecule has 0 saturated carbocycles. The summed E-state index contributed by atoms with van der Waals surface area (Å²) in [6.45, 7) is 5.29. The molecule has 1 aromatic heterocycles. The van der Waals surface area contributed by atoms with E-state index in [2.05, 4.69) is 28.7 Å². The third-order valence-corrected chi connectivity index (χ3v) is 5.55. The second-order valence-electron chi connectivity index (χ2n) is 7.79. The second kappa shape index (κ2) is 10.2. The van der Waals surface area contributed by atoms with Crippen LogP contribution in [0.5, 0.6) is 5.75 Å². The fourth-order valence-corrected chi connectivity index (χ4v) is 3.46. The van der Waals surface area contributed by atoms with E-state index in [9.17, 15) is 9.59 Å². The Kier molecular flexibility index (Phi) is 7.41. The molecule has 1 N–H and O–H groups in total. The molecule has 0 bridgehead atoms. The first-order valence-corrected chi connectivity index (χ1v) is 10.5. The van der Waals surface area contributed by atoms with Gasteiger partial charge in [0.2, 0.25) is 5.91 Å². The number of hydrogen-bond acceptors (Lipinski definition) is 5. The molecule has 0 aliphatic carbocycles. The summed E-state index contributed by atoms with van der Waals surface area (Å²) in [5.74, 6) is 1.34. The Balaban J connectivity index is 1.73. The maximum Gasteiger partial charge on any atom is 0.258 e. The first-order chi connectivity index (χ1) is 14.9. The number of H-pyrrole nitrogens is 1. The van der Waals surface area contributed by atoms with E-state index >= 15 is 0 Å². The van der Waals surface area contributed by atoms with E-state index in [1.807, 2.05) is 42.5 Å². The van der Waals surface area contributed by atoms with Crippen LogP contribution in [0.15, 0.2) is 53.3 Å². The van der Waals surface area contributed by atoms with Crippen LogP contribution < -0.4 is 10.3 Å². The van der Waals surface area contributed by atoms with Crippen molar-refractivity contribution in [3.8, 4) is 5.75 Å². The number of aromatic amines is 1. The molecule has 1 heterocycles. The Labute approximate surface area is 182 Å². The van der Waals surface area contributed by atoms with Crippen LogP contribution in [0.2, 0.25) is 0 Å². The van der Waals surface area contributed by atoms with Crippen molar-refractivity contribution in [2.24, 2.45) is 0 Å². The van der Waals surface area contributed by atoms with Gasteiger partial charge in [-0.3, -0.25) is 14.5 Å². The highest BCUT2D eigenvalue weighted by atomic mass is 16.5. The fourth-order valence-electron chi connectivity index (χ4n) is 3.46. The molecule has 0 saturated heterocycles. The van der Waals surface area contributed by atoms with Gasteiger partial charge in [0.05, 0.1) is 31.1 Å². The first kappa shape index (κ1) is 22.5. The Hall–Kier alpha value is -3.19. The number of likely N-dealkylation sites (N-methyl/N-ethyl adjacent to an activating group) is 1. The number of methoxy groups -OCH3 is 1. The maximum absolute atomic E-state index is 13.0. The van der Waals surface area contributed by atoms with E-state index in [-0.39, 0.29) is 24.1 Å². The van der Waals surface area contributed by atoms with Crippen molar-refractivity contribution in [3.05, 3.63) is 70.3 Å². The van der Waals surface area contributed by atoms with Gasteiger partial charge in [0.25, 0.3) is 5.56 Å². The molecule has 7 nitrogen and oxygen atoms in total. The van der Waals surface area contributed by atoms with Gasteiger partial charge in [0.1, 0.15) is 11.6 Å². The lowest BCUT2D eigenvalue weighted by molar-refractivity contribution is -0.132. The average Bonchev–Trinajstić information content (AvgIpc) is 2.78. The molecule has 2 aromatic carbocycles. The minimum atomic E-state index is -0.161. The van der Waals surface area contributed by atoms with Crippen LogP contribution in [-0.2, 0) is 17.9 Å². The summed E-state index contributed by atoms with van der Waals surface area (Å²) in [5, 5.41) is 0.565. The molecule has 1 atom stereocenters. The van der Waals surface area contributed by atoms with Gasteiger partial charge in [-0.05, 0) is 43.2 Å². The Morgan fingerprint density at radius 2 is 1.94 bits per heavy atom. The van der Waals surface area contributed by atoms with Crippen molar-refractivity contribution >= 4 is 16.8 Å². The van der Waals surface area contributed by atoms with Gasteiger partial charge in [-0.25, -0.2) is 4.98 Å². The Morgan fingerprint density at radius 1 is 1.16 bits per heavy atom. The molecule has 0 radical (unpaired) electrons. The SMILES string of the molecule is CCC(C)N(CC(=O)N(C)Cc1cccc(OC)c1)Cc1nc2ccccc2c(=O)[nH]1. The number of carbonyl (C=O) groups is 1. The highest BCUT2D eigenvalue weighted by molar-refractivity contribution is 5.78. The number of para-hydroxylation sites is 1. The molecule has 0 fully saturated rings. The minimum Gasteiger partial charge on any atom is -0.497 e. The molecule has 164 valence electrons. The van der Waals surface area contributed by atoms with Gasteiger partial charge in [0.15, 0.2) is 0 Å². The molecular weight excluding hydrogens is 392 g/mol. The predicted octanol–water partition coefficient (Wildman–Crippen LogP) is 3.19. The van der Waals surface area contributed by atoms with Crippen LogP contribution in [0.25, 0.3) is 10.9 Å². The lowest BCUT2D eigenvalue weighted by Crippen LogP contribution is -2.42. The molecule has 1 amide bonds. The van der Waals surface area contributed by atoms with E-state index in [0.717, 1.165) is 17.7 Å². The maximum atomic E-state index is 13.0. The molecule has 0 aliphatic rings. The first-order valence-electron chi connectivity index (χ1n) is 10.5. The van der Waals surface area contributed by atoms with Gasteiger partial charge in [-0.1, -0.05) is 31.2 Å². The molecule has 7 heteroatoms. The summed E-state index contributed by atoms with van der Waals surface area (Å²) in [6.07, 6.45) is 0.880. The van der Waals surface area contributed by atoms with Gasteiger partial charge in [-0.15, -0.1) is 0 Å². The van der Waals surface area contributed by atoms with E-state index in [1.165, 1.54) is 0 Å². The van der Waals surface area contributed by atoms with E-state index in [0.29, 0.717) is 29.8 Å². The van der Waals surface area contributed by atoms with E-state index in [1.54, 1.807) is 25.1 Å². The Morgan fingerprint density at radius 3 is 2.68 bits per heavy atom. The lowest BCUT2D eigenvalue weighted by Gasteiger charge is -2.29. The lowest BCUT2D eigenvalue weighted by atomic mass is 10.2. The Bertz CT molecular complexity index is 1100. The highest BCUT2D eigenvalue weighted by Crippen LogP contribution is 2.15. The third kappa shape index (κ3) is 5.70. The molecule has 1 unspecified atom stereocenters. The number of hydrogen-bond donors (Lipinski definition) is 1. The van der Waals surface area contributed by atoms with Crippen molar-refractivity contribution in [1.29, 1.82) is 0 Å². The van der Waals surface area contributed by atoms with Crippen LogP contribution in [0.3, 0.4) is 0 Å². The number of nitrogens with zero attached hydrogens (tertiary/aromatic N) is 3. The summed E-state index contributed by atoms with van der Waals surface area (Å²) >= 11 is 0. The number of ether oxygens (including phenoxy) is 1. The zero-order chi connectivity index (χ0) is 22.4. The number of carbonyl (C=O) groups excluding carboxylic acids is 1.